The molecule has 0 amide bonds. The van der Waals surface area contributed by atoms with Gasteiger partial charge in [0.1, 0.15) is 10.3 Å². The fraction of sp³-hybridized carbons (Fsp3) is 0.556. The molecule has 2 rings (SSSR count). The van der Waals surface area contributed by atoms with Crippen molar-refractivity contribution in [2.24, 2.45) is 0 Å². The summed E-state index contributed by atoms with van der Waals surface area (Å²) >= 11 is 1.18. The van der Waals surface area contributed by atoms with Crippen LogP contribution < -0.4 is 0 Å². The first-order valence-corrected chi connectivity index (χ1v) is 7.29. The van der Waals surface area contributed by atoms with E-state index in [9.17, 15) is 13.2 Å². The zero-order valence-corrected chi connectivity index (χ0v) is 9.68. The van der Waals surface area contributed by atoms with Crippen LogP contribution >= 0.6 is 11.3 Å². The highest BCUT2D eigenvalue weighted by molar-refractivity contribution is 7.91. The normalized spacial score (nSPS) is 24.9. The number of hydrogen-bond acceptors (Lipinski definition) is 5. The monoisotopic (exact) mass is 245 g/mol. The molecule has 82 valence electrons. The average Bonchev–Trinajstić information content (AvgIpc) is 2.65. The lowest BCUT2D eigenvalue weighted by Gasteiger charge is -2.19. The maximum atomic E-state index is 11.8. The van der Waals surface area contributed by atoms with E-state index >= 15 is 0 Å². The highest BCUT2D eigenvalue weighted by atomic mass is 32.2. The fourth-order valence-electron chi connectivity index (χ4n) is 1.74. The summed E-state index contributed by atoms with van der Waals surface area (Å²) in [6.07, 6.45) is 4.44. The molecule has 0 bridgehead atoms. The second kappa shape index (κ2) is 4.02. The third-order valence-electron chi connectivity index (χ3n) is 2.51. The van der Waals surface area contributed by atoms with Crippen LogP contribution in [0.4, 0.5) is 0 Å². The van der Waals surface area contributed by atoms with Gasteiger partial charge in [0.2, 0.25) is 0 Å². The molecule has 1 fully saturated rings. The Morgan fingerprint density at radius 2 is 2.27 bits per heavy atom. The predicted octanol–water partition coefficient (Wildman–Crippen LogP) is 1.60. The molecule has 0 radical (unpaired) electrons. The van der Waals surface area contributed by atoms with E-state index < -0.39 is 15.1 Å². The molecule has 0 aromatic carbocycles. The predicted molar refractivity (Wildman–Crippen MR) is 57.9 cm³/mol. The van der Waals surface area contributed by atoms with E-state index in [1.54, 1.807) is 0 Å². The SMILES string of the molecule is O=Cc1cnc(C2CCCCS2(=O)=O)s1. The van der Waals surface area contributed by atoms with Gasteiger partial charge in [-0.2, -0.15) is 0 Å². The maximum absolute atomic E-state index is 11.8. The highest BCUT2D eigenvalue weighted by Gasteiger charge is 2.32. The van der Waals surface area contributed by atoms with Crippen LogP contribution in [-0.2, 0) is 9.84 Å². The van der Waals surface area contributed by atoms with Crippen LogP contribution in [-0.4, -0.2) is 25.4 Å². The van der Waals surface area contributed by atoms with Crippen LogP contribution in [0.2, 0.25) is 0 Å². The van der Waals surface area contributed by atoms with Crippen LogP contribution in [0.5, 0.6) is 0 Å². The van der Waals surface area contributed by atoms with Gasteiger partial charge in [-0.3, -0.25) is 4.79 Å². The number of thiazole rings is 1. The Morgan fingerprint density at radius 1 is 1.47 bits per heavy atom. The van der Waals surface area contributed by atoms with Crippen molar-refractivity contribution in [2.75, 3.05) is 5.75 Å². The Labute approximate surface area is 92.3 Å². The minimum Gasteiger partial charge on any atom is -0.297 e. The van der Waals surface area contributed by atoms with Crippen molar-refractivity contribution in [1.82, 2.24) is 4.98 Å². The highest BCUT2D eigenvalue weighted by Crippen LogP contribution is 2.35. The minimum atomic E-state index is -3.04. The van der Waals surface area contributed by atoms with Crippen molar-refractivity contribution in [3.63, 3.8) is 0 Å². The minimum absolute atomic E-state index is 0.244. The molecule has 0 spiro atoms. The molecule has 1 aliphatic rings. The first-order chi connectivity index (χ1) is 7.13. The number of aldehydes is 1. The molecule has 1 aromatic rings. The molecule has 15 heavy (non-hydrogen) atoms. The first-order valence-electron chi connectivity index (χ1n) is 4.76. The van der Waals surface area contributed by atoms with E-state index in [2.05, 4.69) is 4.98 Å². The summed E-state index contributed by atoms with van der Waals surface area (Å²) in [5.41, 5.74) is 0. The number of hydrogen-bond donors (Lipinski definition) is 0. The van der Waals surface area contributed by atoms with Gasteiger partial charge in [0.25, 0.3) is 0 Å². The van der Waals surface area contributed by atoms with Crippen molar-refractivity contribution in [1.29, 1.82) is 0 Å². The Hall–Kier alpha value is -0.750. The van der Waals surface area contributed by atoms with Gasteiger partial charge in [-0.25, -0.2) is 13.4 Å². The number of carbonyl (C=O) groups excluding carboxylic acids is 1. The lowest BCUT2D eigenvalue weighted by atomic mass is 10.2. The molecule has 1 aromatic heterocycles. The average molecular weight is 245 g/mol. The van der Waals surface area contributed by atoms with Crippen LogP contribution in [0, 0.1) is 0 Å². The van der Waals surface area contributed by atoms with Gasteiger partial charge in [0.15, 0.2) is 16.1 Å². The summed E-state index contributed by atoms with van der Waals surface area (Å²) in [4.78, 5) is 15.0. The summed E-state index contributed by atoms with van der Waals surface area (Å²) < 4.78 is 23.5. The summed E-state index contributed by atoms with van der Waals surface area (Å²) in [5, 5.41) is 0.0850. The number of rotatable bonds is 2. The molecule has 1 saturated heterocycles. The van der Waals surface area contributed by atoms with Gasteiger partial charge in [-0.1, -0.05) is 6.42 Å². The van der Waals surface area contributed by atoms with Gasteiger partial charge in [-0.15, -0.1) is 11.3 Å². The second-order valence-corrected chi connectivity index (χ2v) is 6.97. The third-order valence-corrected chi connectivity index (χ3v) is 5.88. The zero-order chi connectivity index (χ0) is 10.9. The van der Waals surface area contributed by atoms with Gasteiger partial charge in [0.05, 0.1) is 10.6 Å². The molecule has 2 heterocycles. The second-order valence-electron chi connectivity index (χ2n) is 3.57. The molecule has 1 aliphatic heterocycles. The standard InChI is InChI=1S/C9H11NO3S2/c11-6-7-5-10-9(14-7)8-3-1-2-4-15(8,12)13/h5-6,8H,1-4H2. The van der Waals surface area contributed by atoms with E-state index in [0.717, 1.165) is 12.8 Å². The summed E-state index contributed by atoms with van der Waals surface area (Å²) in [5.74, 6) is 0.244. The van der Waals surface area contributed by atoms with Crippen LogP contribution in [0.15, 0.2) is 6.20 Å². The molecule has 6 heteroatoms. The number of carbonyl (C=O) groups is 1. The Morgan fingerprint density at radius 3 is 2.87 bits per heavy atom. The van der Waals surface area contributed by atoms with E-state index in [1.807, 2.05) is 0 Å². The molecule has 0 saturated carbocycles. The van der Waals surface area contributed by atoms with Gasteiger partial charge in [-0.05, 0) is 12.8 Å². The van der Waals surface area contributed by atoms with Crippen molar-refractivity contribution in [2.45, 2.75) is 24.5 Å². The Balaban J connectivity index is 2.32. The van der Waals surface area contributed by atoms with Gasteiger partial charge >= 0.3 is 0 Å². The van der Waals surface area contributed by atoms with E-state index in [4.69, 9.17) is 0 Å². The molecule has 1 atom stereocenters. The molecule has 1 unspecified atom stereocenters. The van der Waals surface area contributed by atoms with Crippen molar-refractivity contribution < 1.29 is 13.2 Å². The molecule has 0 N–H and O–H groups in total. The van der Waals surface area contributed by atoms with E-state index in [-0.39, 0.29) is 5.75 Å². The first kappa shape index (κ1) is 10.8. The number of sulfone groups is 1. The van der Waals surface area contributed by atoms with Crippen LogP contribution in [0.1, 0.15) is 39.2 Å². The molecular formula is C9H11NO3S2. The molecular weight excluding hydrogens is 234 g/mol. The Kier molecular flexibility index (Phi) is 2.88. The quantitative estimate of drug-likeness (QED) is 0.742. The topological polar surface area (TPSA) is 64.1 Å². The van der Waals surface area contributed by atoms with E-state index in [0.29, 0.717) is 22.6 Å². The van der Waals surface area contributed by atoms with Crippen molar-refractivity contribution in [3.05, 3.63) is 16.1 Å². The summed E-state index contributed by atoms with van der Waals surface area (Å²) in [6, 6.07) is 0. The summed E-state index contributed by atoms with van der Waals surface area (Å²) in [6.45, 7) is 0. The van der Waals surface area contributed by atoms with E-state index in [1.165, 1.54) is 17.5 Å². The maximum Gasteiger partial charge on any atom is 0.161 e. The van der Waals surface area contributed by atoms with Crippen LogP contribution in [0.3, 0.4) is 0 Å². The lowest BCUT2D eigenvalue weighted by Crippen LogP contribution is -2.21. The molecule has 0 aliphatic carbocycles. The number of nitrogens with zero attached hydrogens (tertiary/aromatic N) is 1. The fourth-order valence-corrected chi connectivity index (χ4v) is 4.85. The van der Waals surface area contributed by atoms with Gasteiger partial charge in [0, 0.05) is 6.20 Å². The summed E-state index contributed by atoms with van der Waals surface area (Å²) in [7, 11) is -3.04. The lowest BCUT2D eigenvalue weighted by molar-refractivity contribution is 0.112. The van der Waals surface area contributed by atoms with Crippen LogP contribution in [0.25, 0.3) is 0 Å². The Bertz CT molecular complexity index is 463. The largest absolute Gasteiger partial charge is 0.297 e. The van der Waals surface area contributed by atoms with Crippen molar-refractivity contribution >= 4 is 27.5 Å². The zero-order valence-electron chi connectivity index (χ0n) is 8.05. The molecule has 4 nitrogen and oxygen atoms in total. The third kappa shape index (κ3) is 2.10. The number of aromatic nitrogens is 1. The van der Waals surface area contributed by atoms with Crippen molar-refractivity contribution in [3.8, 4) is 0 Å². The van der Waals surface area contributed by atoms with Gasteiger partial charge < -0.3 is 0 Å². The smallest absolute Gasteiger partial charge is 0.161 e.